The van der Waals surface area contributed by atoms with Crippen molar-refractivity contribution in [3.8, 4) is 0 Å². The van der Waals surface area contributed by atoms with Gasteiger partial charge < -0.3 is 15.5 Å². The third-order valence-corrected chi connectivity index (χ3v) is 4.44. The molecular weight excluding hydrogens is 336 g/mol. The van der Waals surface area contributed by atoms with E-state index in [-0.39, 0.29) is 5.91 Å². The summed E-state index contributed by atoms with van der Waals surface area (Å²) in [6, 6.07) is 15.7. The van der Waals surface area contributed by atoms with E-state index in [1.807, 2.05) is 49.3 Å². The highest BCUT2D eigenvalue weighted by Crippen LogP contribution is 2.21. The molecule has 0 aliphatic rings. The van der Waals surface area contributed by atoms with E-state index in [9.17, 15) is 4.79 Å². The zero-order valence-electron chi connectivity index (χ0n) is 16.1. The van der Waals surface area contributed by atoms with Gasteiger partial charge in [0.2, 0.25) is 0 Å². The van der Waals surface area contributed by atoms with E-state index in [1.165, 1.54) is 11.1 Å². The van der Waals surface area contributed by atoms with Gasteiger partial charge in [-0.25, -0.2) is 0 Å². The van der Waals surface area contributed by atoms with E-state index in [2.05, 4.69) is 41.6 Å². The van der Waals surface area contributed by atoms with Crippen LogP contribution in [0.15, 0.2) is 60.9 Å². The Labute approximate surface area is 160 Å². The Hall–Kier alpha value is -3.34. The molecule has 1 aromatic heterocycles. The Morgan fingerprint density at radius 1 is 0.852 bits per heavy atom. The summed E-state index contributed by atoms with van der Waals surface area (Å²) in [6.45, 7) is 4.15. The predicted octanol–water partition coefficient (Wildman–Crippen LogP) is 4.76. The molecule has 1 amide bonds. The highest BCUT2D eigenvalue weighted by molar-refractivity contribution is 6.04. The molecule has 3 aromatic rings. The lowest BCUT2D eigenvalue weighted by Gasteiger charge is -2.13. The summed E-state index contributed by atoms with van der Waals surface area (Å²) in [5, 5.41) is 6.21. The molecular formula is C22H24N4O. The van der Waals surface area contributed by atoms with Gasteiger partial charge in [-0.15, -0.1) is 0 Å². The first-order valence-corrected chi connectivity index (χ1v) is 8.80. The van der Waals surface area contributed by atoms with E-state index in [0.717, 1.165) is 22.7 Å². The summed E-state index contributed by atoms with van der Waals surface area (Å²) in [4.78, 5) is 18.7. The third-order valence-electron chi connectivity index (χ3n) is 4.44. The van der Waals surface area contributed by atoms with Gasteiger partial charge in [0, 0.05) is 37.4 Å². The molecule has 1 heterocycles. The van der Waals surface area contributed by atoms with Crippen molar-refractivity contribution in [1.29, 1.82) is 0 Å². The van der Waals surface area contributed by atoms with Gasteiger partial charge in [-0.2, -0.15) is 0 Å². The number of carbonyl (C=O) groups is 1. The quantitative estimate of drug-likeness (QED) is 0.689. The fourth-order valence-electron chi connectivity index (χ4n) is 2.66. The van der Waals surface area contributed by atoms with Crippen molar-refractivity contribution in [1.82, 2.24) is 4.98 Å². The van der Waals surface area contributed by atoms with E-state index < -0.39 is 0 Å². The third kappa shape index (κ3) is 4.64. The Bertz CT molecular complexity index is 949. The van der Waals surface area contributed by atoms with Crippen LogP contribution in [0.4, 0.5) is 22.7 Å². The number of amides is 1. The van der Waals surface area contributed by atoms with Gasteiger partial charge in [0.05, 0.1) is 17.4 Å². The topological polar surface area (TPSA) is 57.3 Å². The maximum absolute atomic E-state index is 12.5. The number of carbonyl (C=O) groups excluding carboxylic acids is 1. The fourth-order valence-corrected chi connectivity index (χ4v) is 2.66. The Balaban J connectivity index is 1.72. The number of hydrogen-bond donors (Lipinski definition) is 2. The van der Waals surface area contributed by atoms with Crippen LogP contribution >= 0.6 is 0 Å². The molecule has 2 aromatic carbocycles. The van der Waals surface area contributed by atoms with Gasteiger partial charge in [-0.3, -0.25) is 9.78 Å². The molecule has 3 rings (SSSR count). The van der Waals surface area contributed by atoms with Crippen molar-refractivity contribution in [2.45, 2.75) is 13.8 Å². The molecule has 5 nitrogen and oxygen atoms in total. The molecule has 5 heteroatoms. The van der Waals surface area contributed by atoms with Crippen LogP contribution in [0.1, 0.15) is 21.5 Å². The molecule has 0 saturated carbocycles. The van der Waals surface area contributed by atoms with Crippen LogP contribution in [0.5, 0.6) is 0 Å². The number of aryl methyl sites for hydroxylation is 2. The van der Waals surface area contributed by atoms with Gasteiger partial charge >= 0.3 is 0 Å². The Morgan fingerprint density at radius 3 is 2.22 bits per heavy atom. The highest BCUT2D eigenvalue weighted by atomic mass is 16.1. The zero-order valence-corrected chi connectivity index (χ0v) is 16.1. The van der Waals surface area contributed by atoms with Crippen molar-refractivity contribution in [2.75, 3.05) is 29.6 Å². The Morgan fingerprint density at radius 2 is 1.56 bits per heavy atom. The van der Waals surface area contributed by atoms with Gasteiger partial charge in [0.25, 0.3) is 5.91 Å². The van der Waals surface area contributed by atoms with Gasteiger partial charge in [-0.1, -0.05) is 6.07 Å². The van der Waals surface area contributed by atoms with Crippen LogP contribution in [-0.2, 0) is 0 Å². The SMILES string of the molecule is Cc1ccc(Nc2cncc(C(=O)Nc3ccc(N(C)C)cc3)c2)cc1C. The highest BCUT2D eigenvalue weighted by Gasteiger charge is 2.08. The molecule has 0 radical (unpaired) electrons. The zero-order chi connectivity index (χ0) is 19.4. The number of benzene rings is 2. The molecule has 27 heavy (non-hydrogen) atoms. The van der Waals surface area contributed by atoms with Crippen molar-refractivity contribution < 1.29 is 4.79 Å². The van der Waals surface area contributed by atoms with Crippen LogP contribution < -0.4 is 15.5 Å². The molecule has 138 valence electrons. The summed E-state index contributed by atoms with van der Waals surface area (Å²) in [5.74, 6) is -0.191. The van der Waals surface area contributed by atoms with Gasteiger partial charge in [0.15, 0.2) is 0 Å². The number of nitrogens with one attached hydrogen (secondary N) is 2. The molecule has 0 unspecified atom stereocenters. The average molecular weight is 360 g/mol. The summed E-state index contributed by atoms with van der Waals surface area (Å²) >= 11 is 0. The van der Waals surface area contributed by atoms with E-state index in [0.29, 0.717) is 5.56 Å². The monoisotopic (exact) mass is 360 g/mol. The lowest BCUT2D eigenvalue weighted by atomic mass is 10.1. The van der Waals surface area contributed by atoms with Crippen molar-refractivity contribution in [3.05, 3.63) is 77.6 Å². The molecule has 0 bridgehead atoms. The maximum Gasteiger partial charge on any atom is 0.257 e. The second kappa shape index (κ2) is 7.91. The first-order chi connectivity index (χ1) is 12.9. The molecule has 0 saturated heterocycles. The molecule has 0 fully saturated rings. The van der Waals surface area contributed by atoms with Gasteiger partial charge in [0.1, 0.15) is 0 Å². The number of aromatic nitrogens is 1. The van der Waals surface area contributed by atoms with Crippen molar-refractivity contribution >= 4 is 28.7 Å². The smallest absolute Gasteiger partial charge is 0.257 e. The standard InChI is InChI=1S/C22H24N4O/c1-15-5-6-19(11-16(15)2)24-20-12-17(13-23-14-20)22(27)25-18-7-9-21(10-8-18)26(3)4/h5-14,24H,1-4H3,(H,25,27). The molecule has 0 atom stereocenters. The first-order valence-electron chi connectivity index (χ1n) is 8.80. The Kier molecular flexibility index (Phi) is 5.41. The van der Waals surface area contributed by atoms with E-state index >= 15 is 0 Å². The minimum Gasteiger partial charge on any atom is -0.378 e. The summed E-state index contributed by atoms with van der Waals surface area (Å²) < 4.78 is 0. The summed E-state index contributed by atoms with van der Waals surface area (Å²) in [7, 11) is 3.96. The predicted molar refractivity (Wildman–Crippen MR) is 112 cm³/mol. The fraction of sp³-hybridized carbons (Fsp3) is 0.182. The minimum atomic E-state index is -0.191. The van der Waals surface area contributed by atoms with Gasteiger partial charge in [-0.05, 0) is 67.4 Å². The lowest BCUT2D eigenvalue weighted by Crippen LogP contribution is -2.13. The van der Waals surface area contributed by atoms with Crippen LogP contribution in [0.3, 0.4) is 0 Å². The van der Waals surface area contributed by atoms with Crippen LogP contribution in [0.25, 0.3) is 0 Å². The normalized spacial score (nSPS) is 10.4. The van der Waals surface area contributed by atoms with Crippen LogP contribution in [0.2, 0.25) is 0 Å². The van der Waals surface area contributed by atoms with Crippen LogP contribution in [-0.4, -0.2) is 25.0 Å². The van der Waals surface area contributed by atoms with E-state index in [1.54, 1.807) is 18.5 Å². The first kappa shape index (κ1) is 18.5. The molecule has 0 aliphatic heterocycles. The number of anilines is 4. The second-order valence-electron chi connectivity index (χ2n) is 6.78. The summed E-state index contributed by atoms with van der Waals surface area (Å²) in [5.41, 5.74) is 6.52. The number of pyridine rings is 1. The lowest BCUT2D eigenvalue weighted by molar-refractivity contribution is 0.102. The average Bonchev–Trinajstić information content (AvgIpc) is 2.65. The van der Waals surface area contributed by atoms with Crippen molar-refractivity contribution in [2.24, 2.45) is 0 Å². The maximum atomic E-state index is 12.5. The number of nitrogens with zero attached hydrogens (tertiary/aromatic N) is 2. The molecule has 0 spiro atoms. The van der Waals surface area contributed by atoms with E-state index in [4.69, 9.17) is 0 Å². The summed E-state index contributed by atoms with van der Waals surface area (Å²) in [6.07, 6.45) is 3.27. The minimum absolute atomic E-state index is 0.191. The molecule has 2 N–H and O–H groups in total. The van der Waals surface area contributed by atoms with Crippen LogP contribution in [0, 0.1) is 13.8 Å². The molecule has 0 aliphatic carbocycles. The second-order valence-corrected chi connectivity index (χ2v) is 6.78. The number of hydrogen-bond acceptors (Lipinski definition) is 4. The van der Waals surface area contributed by atoms with Crippen molar-refractivity contribution in [3.63, 3.8) is 0 Å². The largest absolute Gasteiger partial charge is 0.378 e. The number of rotatable bonds is 5.